The lowest BCUT2D eigenvalue weighted by Gasteiger charge is -2.08. The molecule has 23 heavy (non-hydrogen) atoms. The quantitative estimate of drug-likeness (QED) is 0.842. The number of benzene rings is 2. The van der Waals surface area contributed by atoms with Gasteiger partial charge < -0.3 is 4.74 Å². The van der Waals surface area contributed by atoms with E-state index < -0.39 is 16.6 Å². The second-order valence-corrected chi connectivity index (χ2v) is 6.75. The second-order valence-electron chi connectivity index (χ2n) is 4.98. The number of hydrogen-bond donors (Lipinski definition) is 1. The van der Waals surface area contributed by atoms with Crippen molar-refractivity contribution in [1.82, 2.24) is 4.72 Å². The summed E-state index contributed by atoms with van der Waals surface area (Å²) in [5, 5.41) is 0. The average molecular weight is 341 g/mol. The van der Waals surface area contributed by atoms with Crippen LogP contribution in [0.5, 0.6) is 5.75 Å². The van der Waals surface area contributed by atoms with Crippen LogP contribution >= 0.6 is 0 Å². The molecule has 2 aromatic rings. The molecule has 2 aromatic carbocycles. The van der Waals surface area contributed by atoms with E-state index in [1.165, 1.54) is 12.1 Å². The molecule has 0 saturated carbocycles. The van der Waals surface area contributed by atoms with Gasteiger partial charge in [0.2, 0.25) is 10.0 Å². The van der Waals surface area contributed by atoms with E-state index >= 15 is 0 Å². The minimum Gasteiger partial charge on any atom is -0.435 e. The standard InChI is InChI=1S/C16H17F2NO3S/c1-12-2-8-15(9-3-12)23(20,21)19-11-10-13-4-6-14(7-5-13)22-16(17)18/h2-9,16,19H,10-11H2,1H3. The van der Waals surface area contributed by atoms with Gasteiger partial charge >= 0.3 is 6.61 Å². The van der Waals surface area contributed by atoms with Gasteiger partial charge in [-0.1, -0.05) is 29.8 Å². The molecule has 1 N–H and O–H groups in total. The van der Waals surface area contributed by atoms with E-state index in [-0.39, 0.29) is 17.2 Å². The van der Waals surface area contributed by atoms with Crippen LogP contribution < -0.4 is 9.46 Å². The maximum atomic E-state index is 12.1. The number of aryl methyl sites for hydroxylation is 1. The minimum absolute atomic E-state index is 0.0731. The Morgan fingerprint density at radius 1 is 1.04 bits per heavy atom. The van der Waals surface area contributed by atoms with E-state index in [9.17, 15) is 17.2 Å². The molecule has 0 bridgehead atoms. The average Bonchev–Trinajstić information content (AvgIpc) is 2.49. The summed E-state index contributed by atoms with van der Waals surface area (Å²) in [5.74, 6) is 0.0731. The van der Waals surface area contributed by atoms with E-state index in [0.29, 0.717) is 6.42 Å². The van der Waals surface area contributed by atoms with Crippen LogP contribution in [0.3, 0.4) is 0 Å². The monoisotopic (exact) mass is 341 g/mol. The van der Waals surface area contributed by atoms with Crippen molar-refractivity contribution in [2.24, 2.45) is 0 Å². The predicted molar refractivity (Wildman–Crippen MR) is 83.1 cm³/mol. The summed E-state index contributed by atoms with van der Waals surface area (Å²) < 4.78 is 55.0. The molecule has 0 spiro atoms. The first-order valence-electron chi connectivity index (χ1n) is 6.97. The number of ether oxygens (including phenoxy) is 1. The van der Waals surface area contributed by atoms with Crippen molar-refractivity contribution in [3.8, 4) is 5.75 Å². The largest absolute Gasteiger partial charge is 0.435 e. The van der Waals surface area contributed by atoms with Crippen LogP contribution in [0.2, 0.25) is 0 Å². The molecular formula is C16H17F2NO3S. The van der Waals surface area contributed by atoms with E-state index in [1.54, 1.807) is 36.4 Å². The van der Waals surface area contributed by atoms with Crippen molar-refractivity contribution >= 4 is 10.0 Å². The van der Waals surface area contributed by atoms with Gasteiger partial charge in [0, 0.05) is 6.54 Å². The number of alkyl halides is 2. The minimum atomic E-state index is -3.55. The molecule has 2 rings (SSSR count). The molecule has 0 fully saturated rings. The summed E-state index contributed by atoms with van der Waals surface area (Å²) in [6, 6.07) is 12.7. The Labute approximate surface area is 134 Å². The SMILES string of the molecule is Cc1ccc(S(=O)(=O)NCCc2ccc(OC(F)F)cc2)cc1. The predicted octanol–water partition coefficient (Wildman–Crippen LogP) is 3.12. The zero-order valence-corrected chi connectivity index (χ0v) is 13.3. The van der Waals surface area contributed by atoms with Crippen LogP contribution in [-0.2, 0) is 16.4 Å². The van der Waals surface area contributed by atoms with Gasteiger partial charge in [0.1, 0.15) is 5.75 Å². The van der Waals surface area contributed by atoms with Crippen LogP contribution in [0.1, 0.15) is 11.1 Å². The zero-order chi connectivity index (χ0) is 16.9. The van der Waals surface area contributed by atoms with Crippen molar-refractivity contribution < 1.29 is 21.9 Å². The van der Waals surface area contributed by atoms with Gasteiger partial charge in [-0.2, -0.15) is 8.78 Å². The summed E-state index contributed by atoms with van der Waals surface area (Å²) in [6.45, 7) is -0.765. The fourth-order valence-electron chi connectivity index (χ4n) is 1.97. The Kier molecular flexibility index (Phi) is 5.68. The maximum Gasteiger partial charge on any atom is 0.387 e. The third-order valence-electron chi connectivity index (χ3n) is 3.19. The fraction of sp³-hybridized carbons (Fsp3) is 0.250. The highest BCUT2D eigenvalue weighted by Crippen LogP contribution is 2.15. The lowest BCUT2D eigenvalue weighted by molar-refractivity contribution is -0.0498. The molecule has 0 aliphatic heterocycles. The molecule has 0 aliphatic rings. The molecule has 7 heteroatoms. The van der Waals surface area contributed by atoms with Gasteiger partial charge in [0.25, 0.3) is 0 Å². The Morgan fingerprint density at radius 3 is 2.22 bits per heavy atom. The van der Waals surface area contributed by atoms with Crippen LogP contribution in [0, 0.1) is 6.92 Å². The summed E-state index contributed by atoms with van der Waals surface area (Å²) in [6.07, 6.45) is 0.444. The van der Waals surface area contributed by atoms with Crippen LogP contribution in [-0.4, -0.2) is 21.6 Å². The fourth-order valence-corrected chi connectivity index (χ4v) is 3.00. The molecule has 0 amide bonds. The molecule has 0 atom stereocenters. The molecule has 0 aromatic heterocycles. The molecule has 0 saturated heterocycles. The normalized spacial score (nSPS) is 11.7. The number of nitrogens with one attached hydrogen (secondary N) is 1. The molecule has 0 aliphatic carbocycles. The molecule has 124 valence electrons. The van der Waals surface area contributed by atoms with Gasteiger partial charge in [0.15, 0.2) is 0 Å². The Morgan fingerprint density at radius 2 is 1.65 bits per heavy atom. The zero-order valence-electron chi connectivity index (χ0n) is 12.5. The van der Waals surface area contributed by atoms with E-state index in [2.05, 4.69) is 9.46 Å². The highest BCUT2D eigenvalue weighted by molar-refractivity contribution is 7.89. The first-order chi connectivity index (χ1) is 10.9. The van der Waals surface area contributed by atoms with Gasteiger partial charge in [-0.05, 0) is 43.2 Å². The van der Waals surface area contributed by atoms with E-state index in [4.69, 9.17) is 0 Å². The number of rotatable bonds is 7. The van der Waals surface area contributed by atoms with Gasteiger partial charge in [-0.25, -0.2) is 13.1 Å². The van der Waals surface area contributed by atoms with Gasteiger partial charge in [0.05, 0.1) is 4.90 Å². The third kappa shape index (κ3) is 5.30. The summed E-state index contributed by atoms with van der Waals surface area (Å²) in [4.78, 5) is 0.212. The molecule has 0 heterocycles. The summed E-state index contributed by atoms with van der Waals surface area (Å²) >= 11 is 0. The third-order valence-corrected chi connectivity index (χ3v) is 4.66. The highest BCUT2D eigenvalue weighted by atomic mass is 32.2. The lowest BCUT2D eigenvalue weighted by Crippen LogP contribution is -2.25. The molecule has 0 unspecified atom stereocenters. The Hall–Kier alpha value is -1.99. The van der Waals surface area contributed by atoms with Crippen LogP contribution in [0.4, 0.5) is 8.78 Å². The van der Waals surface area contributed by atoms with Gasteiger partial charge in [-0.15, -0.1) is 0 Å². The van der Waals surface area contributed by atoms with Crippen molar-refractivity contribution in [2.75, 3.05) is 6.54 Å². The van der Waals surface area contributed by atoms with E-state index in [0.717, 1.165) is 11.1 Å². The smallest absolute Gasteiger partial charge is 0.387 e. The van der Waals surface area contributed by atoms with Gasteiger partial charge in [-0.3, -0.25) is 0 Å². The summed E-state index contributed by atoms with van der Waals surface area (Å²) in [5.41, 5.74) is 1.80. The second kappa shape index (κ2) is 7.52. The first kappa shape index (κ1) is 17.4. The molecule has 0 radical (unpaired) electrons. The summed E-state index contributed by atoms with van der Waals surface area (Å²) in [7, 11) is -3.55. The number of halogens is 2. The highest BCUT2D eigenvalue weighted by Gasteiger charge is 2.12. The van der Waals surface area contributed by atoms with Crippen molar-refractivity contribution in [3.05, 3.63) is 59.7 Å². The Bertz CT molecular complexity index is 729. The Balaban J connectivity index is 1.90. The maximum absolute atomic E-state index is 12.1. The number of hydrogen-bond acceptors (Lipinski definition) is 3. The topological polar surface area (TPSA) is 55.4 Å². The van der Waals surface area contributed by atoms with Crippen molar-refractivity contribution in [1.29, 1.82) is 0 Å². The number of sulfonamides is 1. The van der Waals surface area contributed by atoms with E-state index in [1.807, 2.05) is 6.92 Å². The van der Waals surface area contributed by atoms with Crippen molar-refractivity contribution in [2.45, 2.75) is 24.9 Å². The van der Waals surface area contributed by atoms with Crippen molar-refractivity contribution in [3.63, 3.8) is 0 Å². The lowest BCUT2D eigenvalue weighted by atomic mass is 10.1. The van der Waals surface area contributed by atoms with Crippen LogP contribution in [0.15, 0.2) is 53.4 Å². The molecular weight excluding hydrogens is 324 g/mol. The molecule has 4 nitrogen and oxygen atoms in total. The van der Waals surface area contributed by atoms with Crippen LogP contribution in [0.25, 0.3) is 0 Å². The first-order valence-corrected chi connectivity index (χ1v) is 8.45.